The summed E-state index contributed by atoms with van der Waals surface area (Å²) in [6, 6.07) is 7.91. The number of carbonyl (C=O) groups excluding carboxylic acids is 2. The lowest BCUT2D eigenvalue weighted by atomic mass is 10.1. The van der Waals surface area contributed by atoms with Crippen LogP contribution in [0.4, 0.5) is 0 Å². The van der Waals surface area contributed by atoms with E-state index in [0.29, 0.717) is 23.6 Å². The highest BCUT2D eigenvalue weighted by molar-refractivity contribution is 7.98. The minimum atomic E-state index is -0.621. The molecule has 3 N–H and O–H groups in total. The number of benzene rings is 1. The van der Waals surface area contributed by atoms with Gasteiger partial charge in [0.25, 0.3) is 5.91 Å². The van der Waals surface area contributed by atoms with Gasteiger partial charge in [-0.15, -0.1) is 0 Å². The van der Waals surface area contributed by atoms with E-state index in [9.17, 15) is 9.59 Å². The molecule has 2 amide bonds. The number of carbonyl (C=O) groups is 2. The van der Waals surface area contributed by atoms with Gasteiger partial charge in [0.2, 0.25) is 5.91 Å². The lowest BCUT2D eigenvalue weighted by Gasteiger charge is -2.18. The van der Waals surface area contributed by atoms with E-state index in [1.54, 1.807) is 48.3 Å². The van der Waals surface area contributed by atoms with E-state index in [0.717, 1.165) is 11.4 Å². The van der Waals surface area contributed by atoms with Crippen LogP contribution in [0, 0.1) is 0 Å². The monoisotopic (exact) mass is 366 g/mol. The molecular weight excluding hydrogens is 348 g/mol. The number of H-pyrrole nitrogens is 1. The molecular formula is C16H19ClN4O2S. The van der Waals surface area contributed by atoms with E-state index in [4.69, 9.17) is 11.6 Å². The van der Waals surface area contributed by atoms with E-state index in [-0.39, 0.29) is 11.8 Å². The molecule has 0 aliphatic heterocycles. The van der Waals surface area contributed by atoms with E-state index in [1.165, 1.54) is 0 Å². The van der Waals surface area contributed by atoms with Gasteiger partial charge < -0.3 is 10.6 Å². The van der Waals surface area contributed by atoms with E-state index in [1.807, 2.05) is 6.26 Å². The van der Waals surface area contributed by atoms with Crippen molar-refractivity contribution in [1.29, 1.82) is 0 Å². The molecule has 0 spiro atoms. The van der Waals surface area contributed by atoms with Crippen molar-refractivity contribution in [1.82, 2.24) is 20.8 Å². The van der Waals surface area contributed by atoms with Crippen LogP contribution in [0.15, 0.2) is 36.5 Å². The number of nitrogens with zero attached hydrogens (tertiary/aromatic N) is 1. The van der Waals surface area contributed by atoms with Gasteiger partial charge in [-0.25, -0.2) is 0 Å². The van der Waals surface area contributed by atoms with E-state index in [2.05, 4.69) is 20.8 Å². The third kappa shape index (κ3) is 5.28. The van der Waals surface area contributed by atoms with Crippen LogP contribution in [0.2, 0.25) is 5.02 Å². The Kier molecular flexibility index (Phi) is 7.14. The zero-order valence-electron chi connectivity index (χ0n) is 13.2. The lowest BCUT2D eigenvalue weighted by molar-refractivity contribution is -0.123. The van der Waals surface area contributed by atoms with Gasteiger partial charge in [0.15, 0.2) is 0 Å². The largest absolute Gasteiger partial charge is 0.349 e. The summed E-state index contributed by atoms with van der Waals surface area (Å²) >= 11 is 7.65. The van der Waals surface area contributed by atoms with Crippen molar-refractivity contribution < 1.29 is 9.59 Å². The van der Waals surface area contributed by atoms with Gasteiger partial charge in [-0.2, -0.15) is 16.9 Å². The zero-order valence-corrected chi connectivity index (χ0v) is 14.8. The number of rotatable bonds is 8. The van der Waals surface area contributed by atoms with Crippen LogP contribution in [0.5, 0.6) is 0 Å². The van der Waals surface area contributed by atoms with Crippen molar-refractivity contribution in [3.8, 4) is 0 Å². The average Bonchev–Trinajstić information content (AvgIpc) is 3.10. The first-order chi connectivity index (χ1) is 11.6. The molecule has 6 nitrogen and oxygen atoms in total. The van der Waals surface area contributed by atoms with Crippen LogP contribution < -0.4 is 10.6 Å². The predicted octanol–water partition coefficient (Wildman–Crippen LogP) is 2.23. The Labute approximate surface area is 149 Å². The first-order valence-electron chi connectivity index (χ1n) is 7.42. The Morgan fingerprint density at radius 1 is 1.33 bits per heavy atom. The Bertz CT molecular complexity index is 678. The number of aromatic nitrogens is 2. The predicted molar refractivity (Wildman–Crippen MR) is 96.1 cm³/mol. The van der Waals surface area contributed by atoms with Crippen molar-refractivity contribution in [2.24, 2.45) is 0 Å². The summed E-state index contributed by atoms with van der Waals surface area (Å²) in [5.41, 5.74) is 1.15. The summed E-state index contributed by atoms with van der Waals surface area (Å²) in [7, 11) is 0. The number of nitrogens with one attached hydrogen (secondary N) is 3. The molecule has 0 unspecified atom stereocenters. The van der Waals surface area contributed by atoms with Gasteiger partial charge in [-0.05, 0) is 36.6 Å². The molecule has 1 atom stereocenters. The second kappa shape index (κ2) is 9.34. The number of thioether (sulfide) groups is 1. The van der Waals surface area contributed by atoms with E-state index >= 15 is 0 Å². The summed E-state index contributed by atoms with van der Waals surface area (Å²) in [6.45, 7) is 0.330. The summed E-state index contributed by atoms with van der Waals surface area (Å²) in [5, 5.41) is 12.5. The summed E-state index contributed by atoms with van der Waals surface area (Å²) in [5.74, 6) is 0.160. The molecule has 0 radical (unpaired) electrons. The van der Waals surface area contributed by atoms with Crippen molar-refractivity contribution in [2.75, 3.05) is 12.0 Å². The van der Waals surface area contributed by atoms with Crippen LogP contribution in [0.1, 0.15) is 22.5 Å². The van der Waals surface area contributed by atoms with E-state index < -0.39 is 6.04 Å². The minimum Gasteiger partial charge on any atom is -0.349 e. The van der Waals surface area contributed by atoms with Crippen LogP contribution in [-0.4, -0.2) is 40.1 Å². The fourth-order valence-corrected chi connectivity index (χ4v) is 2.77. The molecule has 0 saturated heterocycles. The van der Waals surface area contributed by atoms with Crippen molar-refractivity contribution in [3.63, 3.8) is 0 Å². The molecule has 0 bridgehead atoms. The molecule has 1 aromatic carbocycles. The summed E-state index contributed by atoms with van der Waals surface area (Å²) in [4.78, 5) is 24.8. The maximum absolute atomic E-state index is 12.4. The number of hydrogen-bond donors (Lipinski definition) is 3. The Balaban J connectivity index is 2.00. The smallest absolute Gasteiger partial charge is 0.253 e. The zero-order chi connectivity index (χ0) is 17.4. The van der Waals surface area contributed by atoms with Gasteiger partial charge in [0, 0.05) is 6.20 Å². The average molecular weight is 367 g/mol. The van der Waals surface area contributed by atoms with Gasteiger partial charge in [0.05, 0.1) is 22.8 Å². The van der Waals surface area contributed by atoms with Crippen molar-refractivity contribution in [2.45, 2.75) is 19.0 Å². The molecule has 8 heteroatoms. The van der Waals surface area contributed by atoms with Crippen LogP contribution >= 0.6 is 23.4 Å². The molecule has 128 valence electrons. The SMILES string of the molecule is CSCC[C@H](NC(=O)c1ccccc1Cl)C(=O)NCc1ccn[nH]1. The maximum Gasteiger partial charge on any atom is 0.253 e. The molecule has 0 fully saturated rings. The third-order valence-corrected chi connectivity index (χ3v) is 4.34. The van der Waals surface area contributed by atoms with Gasteiger partial charge in [-0.1, -0.05) is 23.7 Å². The molecule has 1 heterocycles. The van der Waals surface area contributed by atoms with Crippen LogP contribution in [0.3, 0.4) is 0 Å². The highest BCUT2D eigenvalue weighted by atomic mass is 35.5. The first-order valence-corrected chi connectivity index (χ1v) is 9.19. The van der Waals surface area contributed by atoms with Crippen molar-refractivity contribution in [3.05, 3.63) is 52.8 Å². The number of aromatic amines is 1. The Morgan fingerprint density at radius 2 is 2.12 bits per heavy atom. The lowest BCUT2D eigenvalue weighted by Crippen LogP contribution is -2.47. The third-order valence-electron chi connectivity index (χ3n) is 3.36. The fourth-order valence-electron chi connectivity index (χ4n) is 2.07. The quantitative estimate of drug-likeness (QED) is 0.668. The highest BCUT2D eigenvalue weighted by Crippen LogP contribution is 2.15. The standard InChI is InChI=1S/C16H19ClN4O2S/c1-24-9-7-14(16(23)18-10-11-6-8-19-21-11)20-15(22)12-4-2-3-5-13(12)17/h2-6,8,14H,7,9-10H2,1H3,(H,18,23)(H,19,21)(H,20,22)/t14-/m0/s1. The summed E-state index contributed by atoms with van der Waals surface area (Å²) < 4.78 is 0. The Morgan fingerprint density at radius 3 is 2.79 bits per heavy atom. The summed E-state index contributed by atoms with van der Waals surface area (Å²) in [6.07, 6.45) is 4.10. The number of hydrogen-bond acceptors (Lipinski definition) is 4. The van der Waals surface area contributed by atoms with Crippen molar-refractivity contribution >= 4 is 35.2 Å². The molecule has 24 heavy (non-hydrogen) atoms. The topological polar surface area (TPSA) is 86.9 Å². The second-order valence-corrected chi connectivity index (χ2v) is 6.48. The van der Waals surface area contributed by atoms with Crippen LogP contribution in [0.25, 0.3) is 0 Å². The highest BCUT2D eigenvalue weighted by Gasteiger charge is 2.22. The fraction of sp³-hybridized carbons (Fsp3) is 0.312. The van der Waals surface area contributed by atoms with Crippen LogP contribution in [-0.2, 0) is 11.3 Å². The minimum absolute atomic E-state index is 0.237. The molecule has 2 aromatic rings. The molecule has 0 aliphatic carbocycles. The first kappa shape index (κ1) is 18.4. The van der Waals surface area contributed by atoms with Gasteiger partial charge >= 0.3 is 0 Å². The second-order valence-electron chi connectivity index (χ2n) is 5.09. The normalized spacial score (nSPS) is 11.8. The molecule has 1 aromatic heterocycles. The Hall–Kier alpha value is -1.99. The number of amides is 2. The van der Waals surface area contributed by atoms with Gasteiger partial charge in [-0.3, -0.25) is 14.7 Å². The molecule has 0 saturated carbocycles. The number of halogens is 1. The van der Waals surface area contributed by atoms with Gasteiger partial charge in [0.1, 0.15) is 6.04 Å². The molecule has 0 aliphatic rings. The maximum atomic E-state index is 12.4. The molecule has 2 rings (SSSR count).